The van der Waals surface area contributed by atoms with Gasteiger partial charge in [-0.15, -0.1) is 0 Å². The second-order valence-electron chi connectivity index (χ2n) is 3.66. The fraction of sp³-hybridized carbons (Fsp3) is 0.0833. The molecule has 0 aliphatic carbocycles. The second-order valence-corrected chi connectivity index (χ2v) is 4.45. The van der Waals surface area contributed by atoms with Gasteiger partial charge in [0, 0.05) is 12.2 Å². The number of benzene rings is 1. The summed E-state index contributed by atoms with van der Waals surface area (Å²) in [4.78, 5) is 14.6. The summed E-state index contributed by atoms with van der Waals surface area (Å²) in [5, 5.41) is 3.31. The number of anilines is 1. The highest BCUT2D eigenvalue weighted by atomic mass is 35.5. The van der Waals surface area contributed by atoms with E-state index in [9.17, 15) is 4.79 Å². The van der Waals surface area contributed by atoms with Crippen LogP contribution in [0, 0.1) is 0 Å². The molecule has 2 aromatic rings. The smallest absolute Gasteiger partial charge is 0.272 e. The first kappa shape index (κ1) is 13.0. The average molecular weight is 284 g/mol. The first-order chi connectivity index (χ1) is 8.61. The number of amides is 1. The van der Waals surface area contributed by atoms with Gasteiger partial charge < -0.3 is 16.0 Å². The van der Waals surface area contributed by atoms with Crippen LogP contribution in [-0.2, 0) is 6.54 Å². The van der Waals surface area contributed by atoms with Gasteiger partial charge >= 0.3 is 0 Å². The van der Waals surface area contributed by atoms with Crippen molar-refractivity contribution in [2.75, 3.05) is 5.32 Å². The molecule has 1 aromatic heterocycles. The van der Waals surface area contributed by atoms with E-state index in [2.05, 4.69) is 10.3 Å². The Morgan fingerprint density at radius 1 is 1.33 bits per heavy atom. The number of aromatic amines is 1. The Morgan fingerprint density at radius 3 is 2.67 bits per heavy atom. The molecule has 0 fully saturated rings. The molecule has 0 bridgehead atoms. The molecule has 4 N–H and O–H groups in total. The van der Waals surface area contributed by atoms with E-state index in [1.165, 1.54) is 6.07 Å². The number of halogens is 2. The van der Waals surface area contributed by atoms with Crippen LogP contribution >= 0.6 is 23.2 Å². The van der Waals surface area contributed by atoms with Crippen LogP contribution in [0.1, 0.15) is 16.1 Å². The Kier molecular flexibility index (Phi) is 3.91. The molecular formula is C12H11Cl2N3O. The SMILES string of the molecule is NCc1ccccc1NC(=O)c1cc(Cl)c(Cl)[nH]1. The van der Waals surface area contributed by atoms with Crippen molar-refractivity contribution < 1.29 is 4.79 Å². The number of carbonyl (C=O) groups excluding carboxylic acids is 1. The van der Waals surface area contributed by atoms with Crippen LogP contribution < -0.4 is 11.1 Å². The number of H-pyrrole nitrogens is 1. The highest BCUT2D eigenvalue weighted by Crippen LogP contribution is 2.23. The van der Waals surface area contributed by atoms with Crippen LogP contribution in [0.5, 0.6) is 0 Å². The van der Waals surface area contributed by atoms with Crippen molar-refractivity contribution >= 4 is 34.8 Å². The maximum absolute atomic E-state index is 11.9. The zero-order valence-corrected chi connectivity index (χ0v) is 10.8. The summed E-state index contributed by atoms with van der Waals surface area (Å²) in [7, 11) is 0. The monoisotopic (exact) mass is 283 g/mol. The van der Waals surface area contributed by atoms with E-state index >= 15 is 0 Å². The third-order valence-electron chi connectivity index (χ3n) is 2.46. The fourth-order valence-electron chi connectivity index (χ4n) is 1.54. The molecule has 0 saturated heterocycles. The van der Waals surface area contributed by atoms with E-state index in [4.69, 9.17) is 28.9 Å². The minimum Gasteiger partial charge on any atom is -0.340 e. The van der Waals surface area contributed by atoms with Crippen molar-refractivity contribution in [1.82, 2.24) is 4.98 Å². The van der Waals surface area contributed by atoms with Crippen LogP contribution in [0.4, 0.5) is 5.69 Å². The van der Waals surface area contributed by atoms with Gasteiger partial charge in [0.25, 0.3) is 5.91 Å². The molecule has 1 aromatic carbocycles. The Hall–Kier alpha value is -1.49. The second kappa shape index (κ2) is 5.44. The summed E-state index contributed by atoms with van der Waals surface area (Å²) in [5.74, 6) is -0.315. The fourth-order valence-corrected chi connectivity index (χ4v) is 1.85. The molecule has 0 aliphatic rings. The molecule has 6 heteroatoms. The number of carbonyl (C=O) groups is 1. The van der Waals surface area contributed by atoms with Gasteiger partial charge in [-0.25, -0.2) is 0 Å². The maximum atomic E-state index is 11.9. The first-order valence-corrected chi connectivity index (χ1v) is 6.00. The molecule has 0 radical (unpaired) electrons. The van der Waals surface area contributed by atoms with Crippen LogP contribution in [0.2, 0.25) is 10.2 Å². The van der Waals surface area contributed by atoms with Gasteiger partial charge in [-0.05, 0) is 17.7 Å². The molecule has 4 nitrogen and oxygen atoms in total. The summed E-state index contributed by atoms with van der Waals surface area (Å²) in [6, 6.07) is 8.80. The lowest BCUT2D eigenvalue weighted by atomic mass is 10.2. The van der Waals surface area contributed by atoms with E-state index in [0.717, 1.165) is 5.56 Å². The zero-order chi connectivity index (χ0) is 13.1. The van der Waals surface area contributed by atoms with Gasteiger partial charge in [0.15, 0.2) is 0 Å². The lowest BCUT2D eigenvalue weighted by molar-refractivity contribution is 0.102. The normalized spacial score (nSPS) is 10.4. The Labute approximate surface area is 114 Å². The molecule has 1 amide bonds. The third-order valence-corrected chi connectivity index (χ3v) is 3.15. The molecule has 2 rings (SSSR count). The lowest BCUT2D eigenvalue weighted by Gasteiger charge is -2.08. The summed E-state index contributed by atoms with van der Waals surface area (Å²) in [5.41, 5.74) is 7.42. The van der Waals surface area contributed by atoms with Gasteiger partial charge in [-0.2, -0.15) is 0 Å². The summed E-state index contributed by atoms with van der Waals surface area (Å²) in [6.07, 6.45) is 0. The topological polar surface area (TPSA) is 70.9 Å². The van der Waals surface area contributed by atoms with Crippen LogP contribution in [0.15, 0.2) is 30.3 Å². The molecule has 0 saturated carbocycles. The van der Waals surface area contributed by atoms with Crippen molar-refractivity contribution in [3.8, 4) is 0 Å². The first-order valence-electron chi connectivity index (χ1n) is 5.25. The molecule has 0 atom stereocenters. The molecule has 0 aliphatic heterocycles. The standard InChI is InChI=1S/C12H11Cl2N3O/c13-8-5-10(16-11(8)14)12(18)17-9-4-2-1-3-7(9)6-15/h1-5,16H,6,15H2,(H,17,18). The average Bonchev–Trinajstić information content (AvgIpc) is 2.70. The number of hydrogen-bond acceptors (Lipinski definition) is 2. The van der Waals surface area contributed by atoms with Crippen LogP contribution in [0.3, 0.4) is 0 Å². The quantitative estimate of drug-likeness (QED) is 0.810. The number of hydrogen-bond donors (Lipinski definition) is 3. The Morgan fingerprint density at radius 2 is 2.06 bits per heavy atom. The molecule has 1 heterocycles. The van der Waals surface area contributed by atoms with Gasteiger partial charge in [-0.1, -0.05) is 41.4 Å². The van der Waals surface area contributed by atoms with Crippen molar-refractivity contribution in [2.45, 2.75) is 6.54 Å². The zero-order valence-electron chi connectivity index (χ0n) is 9.34. The molecule has 18 heavy (non-hydrogen) atoms. The number of para-hydroxylation sites is 1. The van der Waals surface area contributed by atoms with Gasteiger partial charge in [0.2, 0.25) is 0 Å². The summed E-state index contributed by atoms with van der Waals surface area (Å²) >= 11 is 11.5. The number of aromatic nitrogens is 1. The van der Waals surface area contributed by atoms with Crippen LogP contribution in [-0.4, -0.2) is 10.9 Å². The minimum absolute atomic E-state index is 0.244. The number of nitrogens with one attached hydrogen (secondary N) is 2. The highest BCUT2D eigenvalue weighted by Gasteiger charge is 2.12. The van der Waals surface area contributed by atoms with Gasteiger partial charge in [0.1, 0.15) is 10.8 Å². The number of nitrogens with two attached hydrogens (primary N) is 1. The number of rotatable bonds is 3. The lowest BCUT2D eigenvalue weighted by Crippen LogP contribution is -2.14. The highest BCUT2D eigenvalue weighted by molar-refractivity contribution is 6.41. The van der Waals surface area contributed by atoms with Crippen LogP contribution in [0.25, 0.3) is 0 Å². The Bertz CT molecular complexity index is 561. The van der Waals surface area contributed by atoms with Gasteiger partial charge in [0.05, 0.1) is 5.02 Å². The van der Waals surface area contributed by atoms with E-state index in [-0.39, 0.29) is 11.1 Å². The molecule has 94 valence electrons. The third kappa shape index (κ3) is 2.67. The van der Waals surface area contributed by atoms with E-state index < -0.39 is 0 Å². The molecular weight excluding hydrogens is 273 g/mol. The molecule has 0 spiro atoms. The molecule has 0 unspecified atom stereocenters. The van der Waals surface area contributed by atoms with Crippen molar-refractivity contribution in [3.05, 3.63) is 51.8 Å². The van der Waals surface area contributed by atoms with E-state index in [0.29, 0.717) is 22.9 Å². The van der Waals surface area contributed by atoms with E-state index in [1.54, 1.807) is 6.07 Å². The summed E-state index contributed by atoms with van der Waals surface area (Å²) in [6.45, 7) is 0.350. The van der Waals surface area contributed by atoms with Gasteiger partial charge in [-0.3, -0.25) is 4.79 Å². The van der Waals surface area contributed by atoms with E-state index in [1.807, 2.05) is 18.2 Å². The largest absolute Gasteiger partial charge is 0.340 e. The Balaban J connectivity index is 2.21. The predicted molar refractivity (Wildman–Crippen MR) is 73.1 cm³/mol. The maximum Gasteiger partial charge on any atom is 0.272 e. The minimum atomic E-state index is -0.315. The predicted octanol–water partition coefficient (Wildman–Crippen LogP) is 3.03. The van der Waals surface area contributed by atoms with Crippen molar-refractivity contribution in [3.63, 3.8) is 0 Å². The van der Waals surface area contributed by atoms with Crippen molar-refractivity contribution in [2.24, 2.45) is 5.73 Å². The van der Waals surface area contributed by atoms with Crippen molar-refractivity contribution in [1.29, 1.82) is 0 Å². The summed E-state index contributed by atoms with van der Waals surface area (Å²) < 4.78 is 0.